The van der Waals surface area contributed by atoms with E-state index in [1.165, 1.54) is 25.6 Å². The smallest absolute Gasteiger partial charge is 0.251 e. The van der Waals surface area contributed by atoms with Crippen LogP contribution in [-0.2, 0) is 6.54 Å². The molecule has 0 saturated heterocycles. The third-order valence-electron chi connectivity index (χ3n) is 2.75. The molecule has 0 aliphatic rings. The van der Waals surface area contributed by atoms with Gasteiger partial charge in [-0.15, -0.1) is 11.3 Å². The van der Waals surface area contributed by atoms with Crippen LogP contribution in [0.3, 0.4) is 0 Å². The van der Waals surface area contributed by atoms with Gasteiger partial charge in [-0.25, -0.2) is 0 Å². The molecule has 1 heterocycles. The predicted molar refractivity (Wildman–Crippen MR) is 85.1 cm³/mol. The molecule has 0 aliphatic carbocycles. The van der Waals surface area contributed by atoms with Crippen molar-refractivity contribution >= 4 is 40.4 Å². The lowest BCUT2D eigenvalue weighted by Crippen LogP contribution is -2.22. The van der Waals surface area contributed by atoms with Crippen molar-refractivity contribution in [2.24, 2.45) is 0 Å². The SMILES string of the molecule is COc1cc(C(=O)NCc2ccc(Cl)s2)cc(Cl)c1OC. The Morgan fingerprint density at radius 2 is 2.00 bits per heavy atom. The molecule has 0 aliphatic heterocycles. The van der Waals surface area contributed by atoms with E-state index in [1.54, 1.807) is 18.2 Å². The lowest BCUT2D eigenvalue weighted by atomic mass is 10.2. The Morgan fingerprint density at radius 1 is 1.24 bits per heavy atom. The van der Waals surface area contributed by atoms with Crippen LogP contribution in [0.4, 0.5) is 0 Å². The highest BCUT2D eigenvalue weighted by Gasteiger charge is 2.15. The predicted octanol–water partition coefficient (Wildman–Crippen LogP) is 4.00. The third kappa shape index (κ3) is 3.81. The fraction of sp³-hybridized carbons (Fsp3) is 0.214. The Morgan fingerprint density at radius 3 is 2.57 bits per heavy atom. The molecule has 0 unspecified atom stereocenters. The van der Waals surface area contributed by atoms with E-state index in [2.05, 4.69) is 5.32 Å². The van der Waals surface area contributed by atoms with Crippen molar-refractivity contribution in [1.82, 2.24) is 5.32 Å². The quantitative estimate of drug-likeness (QED) is 0.890. The van der Waals surface area contributed by atoms with Gasteiger partial charge in [0.1, 0.15) is 0 Å². The Balaban J connectivity index is 2.13. The Kier molecular flexibility index (Phi) is 5.33. The van der Waals surface area contributed by atoms with Gasteiger partial charge >= 0.3 is 0 Å². The molecule has 0 spiro atoms. The number of benzene rings is 1. The number of thiophene rings is 1. The van der Waals surface area contributed by atoms with E-state index >= 15 is 0 Å². The van der Waals surface area contributed by atoms with Crippen molar-refractivity contribution in [2.45, 2.75) is 6.54 Å². The van der Waals surface area contributed by atoms with E-state index in [4.69, 9.17) is 32.7 Å². The van der Waals surface area contributed by atoms with Crippen LogP contribution in [0.2, 0.25) is 9.36 Å². The Labute approximate surface area is 136 Å². The van der Waals surface area contributed by atoms with Crippen LogP contribution in [0.1, 0.15) is 15.2 Å². The normalized spacial score (nSPS) is 10.3. The standard InChI is InChI=1S/C14H13Cl2NO3S/c1-19-11-6-8(5-10(15)13(11)20-2)14(18)17-7-9-3-4-12(16)21-9/h3-6H,7H2,1-2H3,(H,17,18). The lowest BCUT2D eigenvalue weighted by molar-refractivity contribution is 0.0951. The summed E-state index contributed by atoms with van der Waals surface area (Å²) >= 11 is 13.3. The average Bonchev–Trinajstić information content (AvgIpc) is 2.89. The average molecular weight is 346 g/mol. The van der Waals surface area contributed by atoms with Gasteiger partial charge in [0.2, 0.25) is 0 Å². The number of methoxy groups -OCH3 is 2. The van der Waals surface area contributed by atoms with Gasteiger partial charge in [-0.2, -0.15) is 0 Å². The summed E-state index contributed by atoms with van der Waals surface area (Å²) in [5, 5.41) is 3.12. The highest BCUT2D eigenvalue weighted by molar-refractivity contribution is 7.16. The minimum Gasteiger partial charge on any atom is -0.493 e. The molecule has 0 saturated carbocycles. The molecule has 0 fully saturated rings. The maximum Gasteiger partial charge on any atom is 0.251 e. The van der Waals surface area contributed by atoms with E-state index in [9.17, 15) is 4.79 Å². The topological polar surface area (TPSA) is 47.6 Å². The number of ether oxygens (including phenoxy) is 2. The van der Waals surface area contributed by atoms with Gasteiger partial charge in [0.05, 0.1) is 30.1 Å². The van der Waals surface area contributed by atoms with Crippen LogP contribution in [0.5, 0.6) is 11.5 Å². The van der Waals surface area contributed by atoms with E-state index in [0.717, 1.165) is 4.88 Å². The van der Waals surface area contributed by atoms with Crippen molar-refractivity contribution in [3.05, 3.63) is 44.1 Å². The number of hydrogen-bond donors (Lipinski definition) is 1. The zero-order valence-corrected chi connectivity index (χ0v) is 13.7. The van der Waals surface area contributed by atoms with Crippen molar-refractivity contribution in [3.63, 3.8) is 0 Å². The molecular formula is C14H13Cl2NO3S. The summed E-state index contributed by atoms with van der Waals surface area (Å²) < 4.78 is 11.0. The van der Waals surface area contributed by atoms with E-state index in [0.29, 0.717) is 33.0 Å². The summed E-state index contributed by atoms with van der Waals surface area (Å²) in [7, 11) is 2.98. The molecule has 1 aromatic heterocycles. The molecule has 2 aromatic rings. The number of carbonyl (C=O) groups excluding carboxylic acids is 1. The second-order valence-electron chi connectivity index (χ2n) is 4.08. The van der Waals surface area contributed by atoms with E-state index in [-0.39, 0.29) is 5.91 Å². The Bertz CT molecular complexity index is 658. The van der Waals surface area contributed by atoms with Crippen molar-refractivity contribution in [1.29, 1.82) is 0 Å². The van der Waals surface area contributed by atoms with Gasteiger partial charge in [-0.05, 0) is 24.3 Å². The van der Waals surface area contributed by atoms with Gasteiger partial charge in [0.15, 0.2) is 11.5 Å². The van der Waals surface area contributed by atoms with Crippen LogP contribution in [-0.4, -0.2) is 20.1 Å². The van der Waals surface area contributed by atoms with Gasteiger partial charge in [0.25, 0.3) is 5.91 Å². The van der Waals surface area contributed by atoms with Gasteiger partial charge in [-0.3, -0.25) is 4.79 Å². The molecule has 7 heteroatoms. The van der Waals surface area contributed by atoms with E-state index < -0.39 is 0 Å². The molecule has 1 aromatic carbocycles. The molecular weight excluding hydrogens is 333 g/mol. The van der Waals surface area contributed by atoms with Gasteiger partial charge in [0, 0.05) is 10.4 Å². The molecule has 0 atom stereocenters. The first kappa shape index (κ1) is 15.9. The summed E-state index contributed by atoms with van der Waals surface area (Å²) in [6, 6.07) is 6.79. The zero-order chi connectivity index (χ0) is 15.4. The number of rotatable bonds is 5. The van der Waals surface area contributed by atoms with Crippen LogP contribution < -0.4 is 14.8 Å². The van der Waals surface area contributed by atoms with Gasteiger partial charge in [-0.1, -0.05) is 23.2 Å². The maximum atomic E-state index is 12.2. The van der Waals surface area contributed by atoms with Crippen LogP contribution >= 0.6 is 34.5 Å². The molecule has 112 valence electrons. The van der Waals surface area contributed by atoms with Gasteiger partial charge < -0.3 is 14.8 Å². The van der Waals surface area contributed by atoms with Crippen molar-refractivity contribution < 1.29 is 14.3 Å². The first-order valence-electron chi connectivity index (χ1n) is 5.99. The fourth-order valence-corrected chi connectivity index (χ4v) is 3.08. The maximum absolute atomic E-state index is 12.2. The summed E-state index contributed by atoms with van der Waals surface area (Å²) in [4.78, 5) is 13.1. The summed E-state index contributed by atoms with van der Waals surface area (Å²) in [5.74, 6) is 0.567. The van der Waals surface area contributed by atoms with E-state index in [1.807, 2.05) is 6.07 Å². The second kappa shape index (κ2) is 7.02. The number of hydrogen-bond acceptors (Lipinski definition) is 4. The number of amides is 1. The molecule has 1 amide bonds. The zero-order valence-electron chi connectivity index (χ0n) is 11.4. The molecule has 1 N–H and O–H groups in total. The number of halogens is 2. The third-order valence-corrected chi connectivity index (χ3v) is 4.26. The first-order chi connectivity index (χ1) is 10.0. The van der Waals surface area contributed by atoms with Crippen molar-refractivity contribution in [2.75, 3.05) is 14.2 Å². The summed E-state index contributed by atoms with van der Waals surface area (Å²) in [5.41, 5.74) is 0.403. The molecule has 4 nitrogen and oxygen atoms in total. The summed E-state index contributed by atoms with van der Waals surface area (Å²) in [6.45, 7) is 0.405. The van der Waals surface area contributed by atoms with Crippen molar-refractivity contribution in [3.8, 4) is 11.5 Å². The highest BCUT2D eigenvalue weighted by Crippen LogP contribution is 2.36. The molecule has 2 rings (SSSR count). The Hall–Kier alpha value is -1.43. The minimum absolute atomic E-state index is 0.248. The second-order valence-corrected chi connectivity index (χ2v) is 6.29. The van der Waals surface area contributed by atoms with Crippen LogP contribution in [0, 0.1) is 0 Å². The minimum atomic E-state index is -0.248. The summed E-state index contributed by atoms with van der Waals surface area (Å²) in [6.07, 6.45) is 0. The van der Waals surface area contributed by atoms with Crippen LogP contribution in [0.15, 0.2) is 24.3 Å². The first-order valence-corrected chi connectivity index (χ1v) is 7.56. The highest BCUT2D eigenvalue weighted by atomic mass is 35.5. The number of carbonyl (C=O) groups is 1. The molecule has 0 radical (unpaired) electrons. The van der Waals surface area contributed by atoms with Crippen LogP contribution in [0.25, 0.3) is 0 Å². The lowest BCUT2D eigenvalue weighted by Gasteiger charge is -2.11. The molecule has 21 heavy (non-hydrogen) atoms. The molecule has 0 bridgehead atoms. The monoisotopic (exact) mass is 345 g/mol. The largest absolute Gasteiger partial charge is 0.493 e. The number of nitrogens with one attached hydrogen (secondary N) is 1. The fourth-order valence-electron chi connectivity index (χ4n) is 1.77.